The van der Waals surface area contributed by atoms with Crippen molar-refractivity contribution >= 4 is 68.4 Å². The molecule has 6 aromatic rings. The molecule has 0 aliphatic rings. The van der Waals surface area contributed by atoms with Crippen LogP contribution in [0, 0.1) is 5.82 Å². The maximum absolute atomic E-state index is 13.8. The van der Waals surface area contributed by atoms with Gasteiger partial charge < -0.3 is 35.4 Å². The van der Waals surface area contributed by atoms with Crippen molar-refractivity contribution in [3.63, 3.8) is 0 Å². The smallest absolute Gasteiger partial charge is 0.337 e. The number of rotatable bonds is 17. The van der Waals surface area contributed by atoms with Gasteiger partial charge >= 0.3 is 11.9 Å². The van der Waals surface area contributed by atoms with E-state index in [0.29, 0.717) is 59.7 Å². The van der Waals surface area contributed by atoms with E-state index in [9.17, 15) is 24.2 Å². The van der Waals surface area contributed by atoms with Gasteiger partial charge in [0.25, 0.3) is 0 Å². The molecule has 0 aliphatic heterocycles. The number of aryl methyl sites for hydroxylation is 1. The average Bonchev–Trinajstić information content (AvgIpc) is 3.73. The number of benzene rings is 2. The van der Waals surface area contributed by atoms with Crippen molar-refractivity contribution in [3.8, 4) is 0 Å². The number of aromatic nitrogens is 6. The maximum Gasteiger partial charge on any atom is 0.337 e. The third-order valence-corrected chi connectivity index (χ3v) is 8.62. The molecule has 0 aliphatic carbocycles. The van der Waals surface area contributed by atoms with Crippen LogP contribution in [-0.2, 0) is 17.8 Å². The highest BCUT2D eigenvalue weighted by Crippen LogP contribution is 2.30. The fourth-order valence-electron chi connectivity index (χ4n) is 5.63. The number of aromatic carboxylic acids is 2. The van der Waals surface area contributed by atoms with E-state index in [2.05, 4.69) is 40.6 Å². The first kappa shape index (κ1) is 47.7. The molecular weight excluding hydrogens is 779 g/mol. The third-order valence-electron chi connectivity index (χ3n) is 8.39. The summed E-state index contributed by atoms with van der Waals surface area (Å²) in [6.45, 7) is 12.2. The Labute approximate surface area is 349 Å². The molecule has 0 saturated heterocycles. The zero-order chi connectivity index (χ0) is 43.5. The number of hydrogen-bond acceptors (Lipinski definition) is 11. The number of carbonyl (C=O) groups is 2. The van der Waals surface area contributed by atoms with Crippen molar-refractivity contribution < 1.29 is 28.9 Å². The minimum absolute atomic E-state index is 0.0788. The summed E-state index contributed by atoms with van der Waals surface area (Å²) in [4.78, 5) is 35.0. The van der Waals surface area contributed by atoms with Crippen LogP contribution in [0.2, 0.25) is 5.02 Å². The summed E-state index contributed by atoms with van der Waals surface area (Å²) in [7, 11) is 8.05. The third kappa shape index (κ3) is 14.0. The van der Waals surface area contributed by atoms with Crippen molar-refractivity contribution in [3.05, 3.63) is 95.3 Å². The second-order valence-corrected chi connectivity index (χ2v) is 13.5. The topological polar surface area (TPSA) is 176 Å². The van der Waals surface area contributed by atoms with Gasteiger partial charge in [-0.05, 0) is 96.1 Å². The van der Waals surface area contributed by atoms with E-state index in [0.717, 1.165) is 42.4 Å². The first-order chi connectivity index (χ1) is 28.4. The monoisotopic (exact) mass is 834 g/mol. The molecule has 59 heavy (non-hydrogen) atoms. The molecule has 0 spiro atoms. The zero-order valence-electron chi connectivity index (χ0n) is 35.0. The molecule has 2 aromatic carbocycles. The van der Waals surface area contributed by atoms with Crippen LogP contribution in [-0.4, -0.2) is 116 Å². The number of hydrogen-bond donors (Lipinski definition) is 4. The first-order valence-electron chi connectivity index (χ1n) is 19.5. The normalized spacial score (nSPS) is 10.7. The SMILES string of the molecule is CC.CC.CN(C)CCCCn1nc(Nc2cnccc2C(=O)O)c2cc(F)ccc21.CN(C)CCOCCn1nc(Nc2cnccc2C(=O)O)c2cc(Cl)ccc21. The summed E-state index contributed by atoms with van der Waals surface area (Å²) in [5, 5.41) is 35.9. The molecular formula is C42H56ClFN10O5. The molecule has 0 saturated carbocycles. The summed E-state index contributed by atoms with van der Waals surface area (Å²) in [5.74, 6) is -1.56. The number of anilines is 4. The van der Waals surface area contributed by atoms with Gasteiger partial charge in [-0.3, -0.25) is 19.3 Å². The van der Waals surface area contributed by atoms with Gasteiger partial charge in [-0.15, -0.1) is 0 Å². The van der Waals surface area contributed by atoms with Crippen molar-refractivity contribution in [2.24, 2.45) is 0 Å². The fourth-order valence-corrected chi connectivity index (χ4v) is 5.81. The molecule has 0 unspecified atom stereocenters. The lowest BCUT2D eigenvalue weighted by Crippen LogP contribution is -2.19. The Morgan fingerprint density at radius 3 is 1.75 bits per heavy atom. The number of ether oxygens (including phenoxy) is 1. The minimum atomic E-state index is -1.07. The molecule has 0 radical (unpaired) electrons. The number of halogens is 2. The van der Waals surface area contributed by atoms with Gasteiger partial charge in [0.1, 0.15) is 5.82 Å². The summed E-state index contributed by atoms with van der Waals surface area (Å²) >= 11 is 6.16. The van der Waals surface area contributed by atoms with Crippen LogP contribution in [0.1, 0.15) is 61.3 Å². The van der Waals surface area contributed by atoms with Crippen LogP contribution in [0.15, 0.2) is 73.3 Å². The molecule has 0 fully saturated rings. The van der Waals surface area contributed by atoms with Gasteiger partial charge in [0.15, 0.2) is 11.6 Å². The lowest BCUT2D eigenvalue weighted by Gasteiger charge is -2.10. The van der Waals surface area contributed by atoms with E-state index in [1.165, 1.54) is 49.1 Å². The van der Waals surface area contributed by atoms with Crippen molar-refractivity contribution in [2.45, 2.75) is 53.6 Å². The number of nitrogens with one attached hydrogen (secondary N) is 2. The highest BCUT2D eigenvalue weighted by Gasteiger charge is 2.17. The minimum Gasteiger partial charge on any atom is -0.478 e. The predicted molar refractivity (Wildman–Crippen MR) is 233 cm³/mol. The largest absolute Gasteiger partial charge is 0.478 e. The molecule has 15 nitrogen and oxygen atoms in total. The molecule has 6 rings (SSSR count). The highest BCUT2D eigenvalue weighted by atomic mass is 35.5. The average molecular weight is 835 g/mol. The second kappa shape index (κ2) is 24.3. The van der Waals surface area contributed by atoms with Crippen LogP contribution in [0.5, 0.6) is 0 Å². The van der Waals surface area contributed by atoms with E-state index in [4.69, 9.17) is 16.3 Å². The highest BCUT2D eigenvalue weighted by molar-refractivity contribution is 6.31. The molecule has 4 aromatic heterocycles. The van der Waals surface area contributed by atoms with Gasteiger partial charge in [0.2, 0.25) is 0 Å². The molecule has 0 amide bonds. The Hall–Kier alpha value is -5.68. The number of nitrogens with zero attached hydrogens (tertiary/aromatic N) is 8. The standard InChI is InChI=1S/C19H22ClN5O3.C19H22FN5O2.2C2H6/c1-24(2)7-9-28-10-8-25-17-4-3-13(20)11-15(17)18(23-25)22-16-12-21-6-5-14(16)19(26)27;1-24(2)9-3-4-10-25-17-6-5-13(20)11-15(17)18(23-25)22-16-12-21-8-7-14(16)19(26)27;2*1-2/h3-6,11-12H,7-10H2,1-2H3,(H,22,23)(H,26,27);5-8,11-12H,3-4,9-10H2,1-2H3,(H,22,23)(H,26,27);2*1-2H3. The van der Waals surface area contributed by atoms with Gasteiger partial charge in [0.05, 0.1) is 65.7 Å². The number of unbranched alkanes of at least 4 members (excludes halogenated alkanes) is 1. The number of carboxylic acid groups (broad SMARTS) is 2. The van der Waals surface area contributed by atoms with Crippen LogP contribution < -0.4 is 10.6 Å². The van der Waals surface area contributed by atoms with Crippen LogP contribution >= 0.6 is 11.6 Å². The molecule has 17 heteroatoms. The number of pyridine rings is 2. The molecule has 0 bridgehead atoms. The van der Waals surface area contributed by atoms with E-state index >= 15 is 0 Å². The van der Waals surface area contributed by atoms with Gasteiger partial charge in [0, 0.05) is 41.3 Å². The zero-order valence-corrected chi connectivity index (χ0v) is 35.8. The van der Waals surface area contributed by atoms with Crippen molar-refractivity contribution in [1.29, 1.82) is 0 Å². The number of fused-ring (bicyclic) bond motifs is 2. The Morgan fingerprint density at radius 1 is 0.712 bits per heavy atom. The van der Waals surface area contributed by atoms with Gasteiger partial charge in [-0.2, -0.15) is 10.2 Å². The summed E-state index contributed by atoms with van der Waals surface area (Å²) in [6.07, 6.45) is 7.68. The number of carboxylic acids is 2. The van der Waals surface area contributed by atoms with Crippen molar-refractivity contribution in [1.82, 2.24) is 39.3 Å². The lowest BCUT2D eigenvalue weighted by atomic mass is 10.2. The maximum atomic E-state index is 13.8. The van der Waals surface area contributed by atoms with Gasteiger partial charge in [-0.25, -0.2) is 14.0 Å². The van der Waals surface area contributed by atoms with Crippen LogP contribution in [0.4, 0.5) is 27.4 Å². The molecule has 4 heterocycles. The lowest BCUT2D eigenvalue weighted by molar-refractivity contribution is 0.0687. The van der Waals surface area contributed by atoms with Gasteiger partial charge in [-0.1, -0.05) is 39.3 Å². The van der Waals surface area contributed by atoms with E-state index in [1.807, 2.05) is 71.3 Å². The molecule has 4 N–H and O–H groups in total. The molecule has 318 valence electrons. The Balaban J connectivity index is 0.000000291. The summed E-state index contributed by atoms with van der Waals surface area (Å²) in [5.41, 5.74) is 2.55. The molecule has 0 atom stereocenters. The predicted octanol–water partition coefficient (Wildman–Crippen LogP) is 8.51. The summed E-state index contributed by atoms with van der Waals surface area (Å²) < 4.78 is 23.1. The van der Waals surface area contributed by atoms with Crippen molar-refractivity contribution in [2.75, 3.05) is 65.1 Å². The van der Waals surface area contributed by atoms with Crippen LogP contribution in [0.3, 0.4) is 0 Å². The van der Waals surface area contributed by atoms with E-state index in [1.54, 1.807) is 18.2 Å². The van der Waals surface area contributed by atoms with E-state index in [-0.39, 0.29) is 16.9 Å². The Bertz CT molecular complexity index is 2240. The Kier molecular flexibility index (Phi) is 19.6. The van der Waals surface area contributed by atoms with Crippen LogP contribution in [0.25, 0.3) is 21.8 Å². The first-order valence-corrected chi connectivity index (χ1v) is 19.9. The number of likely N-dealkylation sites (N-methyl/N-ethyl adjacent to an activating group) is 1. The quantitative estimate of drug-likeness (QED) is 0.0644. The summed E-state index contributed by atoms with van der Waals surface area (Å²) in [6, 6.07) is 12.8. The second-order valence-electron chi connectivity index (χ2n) is 13.1. The van der Waals surface area contributed by atoms with E-state index < -0.39 is 11.9 Å². The fraction of sp³-hybridized carbons (Fsp3) is 0.381. The Morgan fingerprint density at radius 2 is 1.22 bits per heavy atom.